The van der Waals surface area contributed by atoms with Gasteiger partial charge in [-0.2, -0.15) is 0 Å². The Balaban J connectivity index is 1.40. The van der Waals surface area contributed by atoms with Crippen LogP contribution in [0.25, 0.3) is 0 Å². The summed E-state index contributed by atoms with van der Waals surface area (Å²) in [5.74, 6) is 0. The minimum absolute atomic E-state index is 0.114. The number of nitrogens with zero attached hydrogens (tertiary/aromatic N) is 1. The van der Waals surface area contributed by atoms with Crippen LogP contribution in [-0.2, 0) is 4.74 Å². The fourth-order valence-corrected chi connectivity index (χ4v) is 3.03. The van der Waals surface area contributed by atoms with E-state index >= 15 is 0 Å². The first kappa shape index (κ1) is 14.4. The average Bonchev–Trinajstić information content (AvgIpc) is 2.43. The minimum atomic E-state index is -0.114. The van der Waals surface area contributed by atoms with Crippen molar-refractivity contribution >= 4 is 11.7 Å². The zero-order valence-electron chi connectivity index (χ0n) is 12.5. The molecule has 0 unspecified atom stereocenters. The summed E-state index contributed by atoms with van der Waals surface area (Å²) >= 11 is 0. The van der Waals surface area contributed by atoms with Crippen LogP contribution < -0.4 is 10.6 Å². The summed E-state index contributed by atoms with van der Waals surface area (Å²) in [6.45, 7) is 5.65. The Kier molecular flexibility index (Phi) is 4.41. The highest BCUT2D eigenvalue weighted by Gasteiger charge is 2.33. The van der Waals surface area contributed by atoms with Gasteiger partial charge in [0, 0.05) is 38.0 Å². The number of nitrogens with one attached hydrogen (secondary N) is 2. The maximum absolute atomic E-state index is 11.9. The van der Waals surface area contributed by atoms with Crippen LogP contribution in [0.15, 0.2) is 24.3 Å². The maximum atomic E-state index is 11.9. The highest BCUT2D eigenvalue weighted by molar-refractivity contribution is 5.89. The van der Waals surface area contributed by atoms with Gasteiger partial charge >= 0.3 is 6.03 Å². The lowest BCUT2D eigenvalue weighted by molar-refractivity contribution is -0.00122. The Morgan fingerprint density at radius 3 is 2.76 bits per heavy atom. The van der Waals surface area contributed by atoms with E-state index in [4.69, 9.17) is 4.74 Å². The standard InChI is InChI=1S/C16H23N3O2/c1-12-3-2-4-13(9-12)17-16(20)18-14-10-19(11-14)15-5-7-21-8-6-15/h2-4,9,14-15H,5-8,10-11H2,1H3,(H2,17,18,20). The molecule has 0 saturated carbocycles. The van der Waals surface area contributed by atoms with Crippen molar-refractivity contribution in [3.63, 3.8) is 0 Å². The normalized spacial score (nSPS) is 20.8. The summed E-state index contributed by atoms with van der Waals surface area (Å²) in [5.41, 5.74) is 1.98. The molecule has 2 saturated heterocycles. The second-order valence-corrected chi connectivity index (χ2v) is 5.96. The van der Waals surface area contributed by atoms with E-state index in [1.807, 2.05) is 31.2 Å². The quantitative estimate of drug-likeness (QED) is 0.894. The molecule has 2 heterocycles. The molecule has 0 bridgehead atoms. The van der Waals surface area contributed by atoms with Crippen LogP contribution >= 0.6 is 0 Å². The SMILES string of the molecule is Cc1cccc(NC(=O)NC2CN(C3CCOCC3)C2)c1. The Hall–Kier alpha value is -1.59. The van der Waals surface area contributed by atoms with Crippen molar-refractivity contribution in [2.24, 2.45) is 0 Å². The number of aryl methyl sites for hydroxylation is 1. The van der Waals surface area contributed by atoms with Gasteiger partial charge in [-0.1, -0.05) is 12.1 Å². The molecule has 5 heteroatoms. The molecule has 2 amide bonds. The second kappa shape index (κ2) is 6.45. The van der Waals surface area contributed by atoms with Crippen LogP contribution in [0.2, 0.25) is 0 Å². The molecule has 0 aliphatic carbocycles. The number of urea groups is 1. The van der Waals surface area contributed by atoms with Gasteiger partial charge in [0.25, 0.3) is 0 Å². The van der Waals surface area contributed by atoms with Gasteiger partial charge in [0.15, 0.2) is 0 Å². The van der Waals surface area contributed by atoms with Gasteiger partial charge < -0.3 is 15.4 Å². The van der Waals surface area contributed by atoms with Gasteiger partial charge in [-0.15, -0.1) is 0 Å². The van der Waals surface area contributed by atoms with Gasteiger partial charge in [-0.3, -0.25) is 4.90 Å². The summed E-state index contributed by atoms with van der Waals surface area (Å²) < 4.78 is 5.38. The number of amides is 2. The zero-order chi connectivity index (χ0) is 14.7. The highest BCUT2D eigenvalue weighted by atomic mass is 16.5. The van der Waals surface area contributed by atoms with Crippen LogP contribution in [0.1, 0.15) is 18.4 Å². The monoisotopic (exact) mass is 289 g/mol. The average molecular weight is 289 g/mol. The van der Waals surface area contributed by atoms with Crippen molar-refractivity contribution in [3.05, 3.63) is 29.8 Å². The third-order valence-corrected chi connectivity index (χ3v) is 4.23. The summed E-state index contributed by atoms with van der Waals surface area (Å²) in [6, 6.07) is 8.62. The van der Waals surface area contributed by atoms with Crippen LogP contribution in [0.3, 0.4) is 0 Å². The van der Waals surface area contributed by atoms with E-state index in [1.54, 1.807) is 0 Å². The molecule has 2 aliphatic heterocycles. The number of carbonyl (C=O) groups is 1. The fraction of sp³-hybridized carbons (Fsp3) is 0.562. The molecular weight excluding hydrogens is 266 g/mol. The number of anilines is 1. The maximum Gasteiger partial charge on any atom is 0.319 e. The number of ether oxygens (including phenoxy) is 1. The molecule has 2 aliphatic rings. The predicted octanol–water partition coefficient (Wildman–Crippen LogP) is 1.98. The summed E-state index contributed by atoms with van der Waals surface area (Å²) in [6.07, 6.45) is 2.23. The summed E-state index contributed by atoms with van der Waals surface area (Å²) in [5, 5.41) is 5.92. The Morgan fingerprint density at radius 2 is 2.05 bits per heavy atom. The second-order valence-electron chi connectivity index (χ2n) is 5.96. The molecule has 114 valence electrons. The Labute approximate surface area is 125 Å². The molecule has 3 rings (SSSR count). The number of hydrogen-bond acceptors (Lipinski definition) is 3. The van der Waals surface area contributed by atoms with Crippen molar-refractivity contribution in [2.45, 2.75) is 31.8 Å². The third-order valence-electron chi connectivity index (χ3n) is 4.23. The van der Waals surface area contributed by atoms with Crippen molar-refractivity contribution in [1.82, 2.24) is 10.2 Å². The molecule has 5 nitrogen and oxygen atoms in total. The van der Waals surface area contributed by atoms with Gasteiger partial charge in [-0.05, 0) is 37.5 Å². The lowest BCUT2D eigenvalue weighted by Gasteiger charge is -2.45. The molecule has 0 radical (unpaired) electrons. The molecule has 2 N–H and O–H groups in total. The van der Waals surface area contributed by atoms with E-state index < -0.39 is 0 Å². The Morgan fingerprint density at radius 1 is 1.29 bits per heavy atom. The number of carbonyl (C=O) groups excluding carboxylic acids is 1. The number of hydrogen-bond donors (Lipinski definition) is 2. The smallest absolute Gasteiger partial charge is 0.319 e. The first-order valence-corrected chi connectivity index (χ1v) is 7.67. The third kappa shape index (κ3) is 3.74. The fourth-order valence-electron chi connectivity index (χ4n) is 3.03. The molecule has 0 spiro atoms. The Bertz CT molecular complexity index is 494. The largest absolute Gasteiger partial charge is 0.381 e. The van der Waals surface area contributed by atoms with E-state index in [1.165, 1.54) is 0 Å². The number of likely N-dealkylation sites (tertiary alicyclic amines) is 1. The van der Waals surface area contributed by atoms with Crippen LogP contribution in [0.4, 0.5) is 10.5 Å². The van der Waals surface area contributed by atoms with Crippen molar-refractivity contribution < 1.29 is 9.53 Å². The number of rotatable bonds is 3. The molecule has 0 aromatic heterocycles. The van der Waals surface area contributed by atoms with Gasteiger partial charge in [0.2, 0.25) is 0 Å². The first-order valence-electron chi connectivity index (χ1n) is 7.67. The van der Waals surface area contributed by atoms with Crippen molar-refractivity contribution in [2.75, 3.05) is 31.6 Å². The lowest BCUT2D eigenvalue weighted by Crippen LogP contribution is -2.63. The van der Waals surface area contributed by atoms with Crippen molar-refractivity contribution in [3.8, 4) is 0 Å². The van der Waals surface area contributed by atoms with Gasteiger partial charge in [-0.25, -0.2) is 4.79 Å². The highest BCUT2D eigenvalue weighted by Crippen LogP contribution is 2.20. The van der Waals surface area contributed by atoms with Crippen molar-refractivity contribution in [1.29, 1.82) is 0 Å². The molecule has 0 atom stereocenters. The van der Waals surface area contributed by atoms with E-state index in [-0.39, 0.29) is 12.1 Å². The van der Waals surface area contributed by atoms with E-state index in [0.717, 1.165) is 50.4 Å². The lowest BCUT2D eigenvalue weighted by atomic mass is 10.00. The molecule has 1 aromatic rings. The number of benzene rings is 1. The van der Waals surface area contributed by atoms with Crippen LogP contribution in [0, 0.1) is 6.92 Å². The molecule has 21 heavy (non-hydrogen) atoms. The van der Waals surface area contributed by atoms with Crippen LogP contribution in [-0.4, -0.2) is 49.3 Å². The summed E-state index contributed by atoms with van der Waals surface area (Å²) in [4.78, 5) is 14.4. The minimum Gasteiger partial charge on any atom is -0.381 e. The van der Waals surface area contributed by atoms with Crippen LogP contribution in [0.5, 0.6) is 0 Å². The van der Waals surface area contributed by atoms with Gasteiger partial charge in [0.1, 0.15) is 0 Å². The van der Waals surface area contributed by atoms with E-state index in [0.29, 0.717) is 6.04 Å². The molecule has 2 fully saturated rings. The van der Waals surface area contributed by atoms with E-state index in [9.17, 15) is 4.79 Å². The zero-order valence-corrected chi connectivity index (χ0v) is 12.5. The van der Waals surface area contributed by atoms with Gasteiger partial charge in [0.05, 0.1) is 6.04 Å². The topological polar surface area (TPSA) is 53.6 Å². The van der Waals surface area contributed by atoms with E-state index in [2.05, 4.69) is 15.5 Å². The molecular formula is C16H23N3O2. The summed E-state index contributed by atoms with van der Waals surface area (Å²) in [7, 11) is 0. The molecule has 1 aromatic carbocycles. The predicted molar refractivity (Wildman–Crippen MR) is 82.5 cm³/mol. The first-order chi connectivity index (χ1) is 10.2.